The summed E-state index contributed by atoms with van der Waals surface area (Å²) in [6.45, 7) is 2.53. The number of aliphatic hydroxyl groups is 1. The van der Waals surface area contributed by atoms with Crippen LogP contribution in [-0.2, 0) is 9.59 Å². The molecule has 0 saturated carbocycles. The topological polar surface area (TPSA) is 57.6 Å². The standard InChI is InChI=1S/C21H21NO3/c1-2-3-14-22-18(15-10-6-4-7-11-15)17(20(24)21(22)25)19(23)16-12-8-5-9-13-16/h4-13,18,23H,2-3,14H2,1H3/b19-17+/t18-/m0/s1. The van der Waals surface area contributed by atoms with Crippen molar-refractivity contribution in [1.29, 1.82) is 0 Å². The fraction of sp³-hybridized carbons (Fsp3) is 0.238. The third kappa shape index (κ3) is 3.20. The molecule has 1 heterocycles. The highest BCUT2D eigenvalue weighted by Crippen LogP contribution is 2.39. The number of benzene rings is 2. The van der Waals surface area contributed by atoms with E-state index < -0.39 is 17.7 Å². The van der Waals surface area contributed by atoms with Crippen LogP contribution in [0.15, 0.2) is 66.2 Å². The van der Waals surface area contributed by atoms with Crippen molar-refractivity contribution in [3.63, 3.8) is 0 Å². The van der Waals surface area contributed by atoms with Gasteiger partial charge in [0.15, 0.2) is 0 Å². The van der Waals surface area contributed by atoms with E-state index >= 15 is 0 Å². The second-order valence-electron chi connectivity index (χ2n) is 6.12. The van der Waals surface area contributed by atoms with Crippen molar-refractivity contribution < 1.29 is 14.7 Å². The summed E-state index contributed by atoms with van der Waals surface area (Å²) in [4.78, 5) is 26.8. The Balaban J connectivity index is 2.14. The Bertz CT molecular complexity index is 796. The van der Waals surface area contributed by atoms with E-state index in [-0.39, 0.29) is 11.3 Å². The first-order valence-corrected chi connectivity index (χ1v) is 8.54. The van der Waals surface area contributed by atoms with Crippen LogP contribution in [0.2, 0.25) is 0 Å². The minimum atomic E-state index is -0.619. The highest BCUT2D eigenvalue weighted by Gasteiger charge is 2.45. The summed E-state index contributed by atoms with van der Waals surface area (Å²) in [7, 11) is 0. The second-order valence-corrected chi connectivity index (χ2v) is 6.12. The molecule has 0 bridgehead atoms. The van der Waals surface area contributed by atoms with Crippen LogP contribution in [-0.4, -0.2) is 28.2 Å². The molecule has 1 atom stereocenters. The molecule has 2 aromatic rings. The van der Waals surface area contributed by atoms with Gasteiger partial charge in [-0.05, 0) is 12.0 Å². The van der Waals surface area contributed by atoms with Crippen LogP contribution in [0.1, 0.15) is 36.9 Å². The molecule has 1 amide bonds. The highest BCUT2D eigenvalue weighted by molar-refractivity contribution is 6.46. The van der Waals surface area contributed by atoms with Gasteiger partial charge in [0.2, 0.25) is 0 Å². The zero-order valence-corrected chi connectivity index (χ0v) is 14.2. The molecular formula is C21H21NO3. The first-order chi connectivity index (χ1) is 12.1. The normalized spacial score (nSPS) is 19.4. The van der Waals surface area contributed by atoms with E-state index in [1.165, 1.54) is 0 Å². The molecule has 0 aromatic heterocycles. The van der Waals surface area contributed by atoms with Gasteiger partial charge < -0.3 is 10.0 Å². The summed E-state index contributed by atoms with van der Waals surface area (Å²) < 4.78 is 0. The Morgan fingerprint density at radius 1 is 1.00 bits per heavy atom. The van der Waals surface area contributed by atoms with Crippen molar-refractivity contribution in [1.82, 2.24) is 4.90 Å². The number of nitrogens with zero attached hydrogens (tertiary/aromatic N) is 1. The molecule has 1 N–H and O–H groups in total. The fourth-order valence-corrected chi connectivity index (χ4v) is 3.17. The molecule has 1 aliphatic rings. The van der Waals surface area contributed by atoms with Crippen molar-refractivity contribution in [2.45, 2.75) is 25.8 Å². The predicted octanol–water partition coefficient (Wildman–Crippen LogP) is 3.91. The van der Waals surface area contributed by atoms with E-state index in [0.717, 1.165) is 18.4 Å². The van der Waals surface area contributed by atoms with Gasteiger partial charge in [0.05, 0.1) is 11.6 Å². The smallest absolute Gasteiger partial charge is 0.295 e. The molecule has 1 aliphatic heterocycles. The zero-order chi connectivity index (χ0) is 17.8. The molecule has 1 fully saturated rings. The molecule has 25 heavy (non-hydrogen) atoms. The van der Waals surface area contributed by atoms with Gasteiger partial charge in [-0.3, -0.25) is 9.59 Å². The number of rotatable bonds is 5. The number of Topliss-reactive ketones (excluding diaryl/α,β-unsaturated/α-hetero) is 1. The van der Waals surface area contributed by atoms with Crippen molar-refractivity contribution in [3.05, 3.63) is 77.4 Å². The Labute approximate surface area is 147 Å². The van der Waals surface area contributed by atoms with Gasteiger partial charge in [0.1, 0.15) is 5.76 Å². The number of likely N-dealkylation sites (tertiary alicyclic amines) is 1. The van der Waals surface area contributed by atoms with Gasteiger partial charge in [-0.2, -0.15) is 0 Å². The van der Waals surface area contributed by atoms with Crippen molar-refractivity contribution in [2.75, 3.05) is 6.54 Å². The number of hydrogen-bond acceptors (Lipinski definition) is 3. The van der Waals surface area contributed by atoms with E-state index in [9.17, 15) is 14.7 Å². The summed E-state index contributed by atoms with van der Waals surface area (Å²) in [6, 6.07) is 17.7. The van der Waals surface area contributed by atoms with Gasteiger partial charge in [0, 0.05) is 12.1 Å². The summed E-state index contributed by atoms with van der Waals surface area (Å²) in [6.07, 6.45) is 1.73. The van der Waals surface area contributed by atoms with Gasteiger partial charge in [-0.15, -0.1) is 0 Å². The van der Waals surface area contributed by atoms with E-state index in [1.807, 2.05) is 43.3 Å². The minimum absolute atomic E-state index is 0.119. The maximum absolute atomic E-state index is 12.7. The van der Waals surface area contributed by atoms with E-state index in [4.69, 9.17) is 0 Å². The third-order valence-electron chi connectivity index (χ3n) is 4.46. The predicted molar refractivity (Wildman–Crippen MR) is 96.8 cm³/mol. The van der Waals surface area contributed by atoms with Gasteiger partial charge in [-0.1, -0.05) is 74.0 Å². The fourth-order valence-electron chi connectivity index (χ4n) is 3.17. The number of aliphatic hydroxyl groups excluding tert-OH is 1. The highest BCUT2D eigenvalue weighted by atomic mass is 16.3. The molecule has 2 aromatic carbocycles. The minimum Gasteiger partial charge on any atom is -0.507 e. The Morgan fingerprint density at radius 3 is 2.20 bits per heavy atom. The number of ketones is 1. The third-order valence-corrected chi connectivity index (χ3v) is 4.46. The first-order valence-electron chi connectivity index (χ1n) is 8.54. The lowest BCUT2D eigenvalue weighted by atomic mass is 9.95. The average molecular weight is 335 g/mol. The summed E-state index contributed by atoms with van der Waals surface area (Å²) in [5.74, 6) is -1.28. The van der Waals surface area contributed by atoms with Gasteiger partial charge in [-0.25, -0.2) is 0 Å². The lowest BCUT2D eigenvalue weighted by molar-refractivity contribution is -0.139. The van der Waals surface area contributed by atoms with Crippen molar-refractivity contribution in [3.8, 4) is 0 Å². The Kier molecular flexibility index (Phi) is 4.98. The zero-order valence-electron chi connectivity index (χ0n) is 14.2. The molecule has 0 aliphatic carbocycles. The number of unbranched alkanes of at least 4 members (excludes halogenated alkanes) is 1. The average Bonchev–Trinajstić information content (AvgIpc) is 2.91. The largest absolute Gasteiger partial charge is 0.507 e. The van der Waals surface area contributed by atoms with Gasteiger partial charge in [0.25, 0.3) is 11.7 Å². The molecule has 4 heteroatoms. The quantitative estimate of drug-likeness (QED) is 0.512. The number of hydrogen-bond donors (Lipinski definition) is 1. The van der Waals surface area contributed by atoms with Crippen LogP contribution >= 0.6 is 0 Å². The molecule has 4 nitrogen and oxygen atoms in total. The van der Waals surface area contributed by atoms with Crippen molar-refractivity contribution in [2.24, 2.45) is 0 Å². The van der Waals surface area contributed by atoms with E-state index in [0.29, 0.717) is 12.1 Å². The number of amides is 1. The monoisotopic (exact) mass is 335 g/mol. The van der Waals surface area contributed by atoms with Gasteiger partial charge >= 0.3 is 0 Å². The SMILES string of the molecule is CCCCN1C(=O)C(=O)/C(=C(/O)c2ccccc2)[C@@H]1c1ccccc1. The summed E-state index contributed by atoms with van der Waals surface area (Å²) in [5, 5.41) is 10.8. The van der Waals surface area contributed by atoms with Crippen LogP contribution in [0.5, 0.6) is 0 Å². The van der Waals surface area contributed by atoms with Crippen LogP contribution in [0.4, 0.5) is 0 Å². The molecule has 3 rings (SSSR count). The van der Waals surface area contributed by atoms with Crippen molar-refractivity contribution >= 4 is 17.4 Å². The molecule has 1 saturated heterocycles. The lowest BCUT2D eigenvalue weighted by Crippen LogP contribution is -2.30. The molecule has 0 spiro atoms. The molecular weight excluding hydrogens is 314 g/mol. The first kappa shape index (κ1) is 17.0. The van der Waals surface area contributed by atoms with E-state index in [1.54, 1.807) is 29.2 Å². The summed E-state index contributed by atoms with van der Waals surface area (Å²) >= 11 is 0. The summed E-state index contributed by atoms with van der Waals surface area (Å²) in [5.41, 5.74) is 1.53. The Hall–Kier alpha value is -2.88. The van der Waals surface area contributed by atoms with Crippen LogP contribution < -0.4 is 0 Å². The molecule has 0 unspecified atom stereocenters. The molecule has 0 radical (unpaired) electrons. The number of carbonyl (C=O) groups is 2. The van der Waals surface area contributed by atoms with Crippen LogP contribution in [0, 0.1) is 0 Å². The maximum atomic E-state index is 12.7. The van der Waals surface area contributed by atoms with E-state index in [2.05, 4.69) is 0 Å². The Morgan fingerprint density at radius 2 is 1.60 bits per heavy atom. The second kappa shape index (κ2) is 7.34. The van der Waals surface area contributed by atoms with Crippen LogP contribution in [0.3, 0.4) is 0 Å². The lowest BCUT2D eigenvalue weighted by Gasteiger charge is -2.25. The number of carbonyl (C=O) groups excluding carboxylic acids is 2. The van der Waals surface area contributed by atoms with Crippen LogP contribution in [0.25, 0.3) is 5.76 Å². The molecule has 128 valence electrons. The maximum Gasteiger partial charge on any atom is 0.295 e.